The highest BCUT2D eigenvalue weighted by Gasteiger charge is 2.15. The van der Waals surface area contributed by atoms with Crippen LogP contribution in [0.4, 0.5) is 17.6 Å². The molecule has 1 nitrogen and oxygen atoms in total. The lowest BCUT2D eigenvalue weighted by molar-refractivity contribution is 0.547. The second kappa shape index (κ2) is 6.05. The van der Waals surface area contributed by atoms with Crippen LogP contribution in [0.3, 0.4) is 0 Å². The summed E-state index contributed by atoms with van der Waals surface area (Å²) in [5.41, 5.74) is 0.0107. The summed E-state index contributed by atoms with van der Waals surface area (Å²) < 4.78 is 53.9. The molecule has 0 saturated carbocycles. The number of hydrogen-bond acceptors (Lipinski definition) is 1. The van der Waals surface area contributed by atoms with E-state index in [9.17, 15) is 17.6 Å². The maximum absolute atomic E-state index is 13.8. The monoisotopic (exact) mass is 283 g/mol. The van der Waals surface area contributed by atoms with Crippen molar-refractivity contribution in [2.75, 3.05) is 6.54 Å². The third-order valence-electron chi connectivity index (χ3n) is 2.91. The third kappa shape index (κ3) is 2.99. The fourth-order valence-corrected chi connectivity index (χ4v) is 1.92. The Balaban J connectivity index is 2.42. The molecular weight excluding hydrogens is 270 g/mol. The second-order valence-corrected chi connectivity index (χ2v) is 4.33. The molecule has 2 rings (SSSR count). The predicted molar refractivity (Wildman–Crippen MR) is 69.1 cm³/mol. The minimum atomic E-state index is -1.05. The fourth-order valence-electron chi connectivity index (χ4n) is 1.92. The number of rotatable bonds is 4. The van der Waals surface area contributed by atoms with Gasteiger partial charge in [0.2, 0.25) is 0 Å². The molecule has 0 aliphatic carbocycles. The van der Waals surface area contributed by atoms with Crippen LogP contribution in [-0.4, -0.2) is 6.54 Å². The molecule has 0 fully saturated rings. The van der Waals surface area contributed by atoms with Gasteiger partial charge in [-0.2, -0.15) is 0 Å². The van der Waals surface area contributed by atoms with Crippen LogP contribution in [0.15, 0.2) is 30.3 Å². The van der Waals surface area contributed by atoms with Gasteiger partial charge in [0.05, 0.1) is 5.56 Å². The molecule has 0 radical (unpaired) electrons. The van der Waals surface area contributed by atoms with Crippen molar-refractivity contribution in [1.82, 2.24) is 5.32 Å². The summed E-state index contributed by atoms with van der Waals surface area (Å²) in [6, 6.07) is 5.06. The Morgan fingerprint density at radius 1 is 0.900 bits per heavy atom. The van der Waals surface area contributed by atoms with E-state index in [1.165, 1.54) is 12.1 Å². The highest BCUT2D eigenvalue weighted by Crippen LogP contribution is 2.28. The number of nitrogens with one attached hydrogen (secondary N) is 1. The van der Waals surface area contributed by atoms with Gasteiger partial charge in [-0.3, -0.25) is 0 Å². The van der Waals surface area contributed by atoms with Crippen LogP contribution in [0.25, 0.3) is 11.1 Å². The van der Waals surface area contributed by atoms with Crippen molar-refractivity contribution >= 4 is 0 Å². The molecule has 106 valence electrons. The Kier molecular flexibility index (Phi) is 4.39. The van der Waals surface area contributed by atoms with Crippen LogP contribution in [0.5, 0.6) is 0 Å². The summed E-state index contributed by atoms with van der Waals surface area (Å²) in [7, 11) is 0. The van der Waals surface area contributed by atoms with Gasteiger partial charge in [0.15, 0.2) is 0 Å². The molecule has 5 heteroatoms. The minimum Gasteiger partial charge on any atom is -0.313 e. The van der Waals surface area contributed by atoms with Gasteiger partial charge in [0.25, 0.3) is 0 Å². The van der Waals surface area contributed by atoms with E-state index in [1.54, 1.807) is 0 Å². The van der Waals surface area contributed by atoms with Gasteiger partial charge < -0.3 is 5.32 Å². The van der Waals surface area contributed by atoms with Gasteiger partial charge in [0.1, 0.15) is 23.3 Å². The van der Waals surface area contributed by atoms with E-state index in [1.807, 2.05) is 6.92 Å². The molecule has 2 aromatic carbocycles. The Morgan fingerprint density at radius 2 is 1.55 bits per heavy atom. The molecule has 0 aliphatic heterocycles. The Labute approximate surface area is 114 Å². The van der Waals surface area contributed by atoms with Crippen molar-refractivity contribution in [3.63, 3.8) is 0 Å². The Hall–Kier alpha value is -1.88. The average molecular weight is 283 g/mol. The van der Waals surface area contributed by atoms with Crippen molar-refractivity contribution in [3.05, 3.63) is 59.2 Å². The second-order valence-electron chi connectivity index (χ2n) is 4.33. The maximum Gasteiger partial charge on any atom is 0.136 e. The molecule has 20 heavy (non-hydrogen) atoms. The fraction of sp³-hybridized carbons (Fsp3) is 0.200. The van der Waals surface area contributed by atoms with Gasteiger partial charge in [-0.25, -0.2) is 17.6 Å². The van der Waals surface area contributed by atoms with Crippen molar-refractivity contribution < 1.29 is 17.6 Å². The zero-order valence-electron chi connectivity index (χ0n) is 10.8. The van der Waals surface area contributed by atoms with Gasteiger partial charge >= 0.3 is 0 Å². The van der Waals surface area contributed by atoms with Crippen molar-refractivity contribution in [2.45, 2.75) is 13.5 Å². The van der Waals surface area contributed by atoms with Crippen LogP contribution in [-0.2, 0) is 6.54 Å². The molecule has 0 atom stereocenters. The molecule has 0 saturated heterocycles. The number of hydrogen-bond donors (Lipinski definition) is 1. The molecule has 0 amide bonds. The van der Waals surface area contributed by atoms with E-state index in [2.05, 4.69) is 5.32 Å². The summed E-state index contributed by atoms with van der Waals surface area (Å²) in [6.07, 6.45) is 0. The first kappa shape index (κ1) is 14.5. The molecule has 2 aromatic rings. The Morgan fingerprint density at radius 3 is 2.10 bits per heavy atom. The van der Waals surface area contributed by atoms with Crippen LogP contribution in [0.2, 0.25) is 0 Å². The first-order chi connectivity index (χ1) is 9.52. The van der Waals surface area contributed by atoms with Crippen molar-refractivity contribution in [1.29, 1.82) is 0 Å². The first-order valence-corrected chi connectivity index (χ1v) is 6.17. The lowest BCUT2D eigenvalue weighted by atomic mass is 10.0. The first-order valence-electron chi connectivity index (χ1n) is 6.17. The maximum atomic E-state index is 13.8. The number of benzene rings is 2. The SMILES string of the molecule is CCNCc1ccc(-c2c(F)cc(F)cc2F)cc1F. The van der Waals surface area contributed by atoms with Gasteiger partial charge in [-0.1, -0.05) is 19.1 Å². The molecule has 0 aliphatic rings. The number of halogens is 4. The normalized spacial score (nSPS) is 10.8. The highest BCUT2D eigenvalue weighted by atomic mass is 19.1. The summed E-state index contributed by atoms with van der Waals surface area (Å²) >= 11 is 0. The average Bonchev–Trinajstić information content (AvgIpc) is 2.36. The van der Waals surface area contributed by atoms with Crippen LogP contribution >= 0.6 is 0 Å². The molecule has 0 aromatic heterocycles. The lowest BCUT2D eigenvalue weighted by Crippen LogP contribution is -2.12. The summed E-state index contributed by atoms with van der Waals surface area (Å²) in [5.74, 6) is -3.68. The molecule has 0 bridgehead atoms. The standard InChI is InChI=1S/C15H13F4N/c1-2-20-8-10-4-3-9(5-12(10)17)15-13(18)6-11(16)7-14(15)19/h3-7,20H,2,8H2,1H3. The topological polar surface area (TPSA) is 12.0 Å². The lowest BCUT2D eigenvalue weighted by Gasteiger charge is -2.09. The van der Waals surface area contributed by atoms with E-state index >= 15 is 0 Å². The summed E-state index contributed by atoms with van der Waals surface area (Å²) in [6.45, 7) is 2.90. The van der Waals surface area contributed by atoms with Crippen LogP contribution < -0.4 is 5.32 Å². The van der Waals surface area contributed by atoms with E-state index < -0.39 is 28.8 Å². The molecule has 1 N–H and O–H groups in total. The van der Waals surface area contributed by atoms with Gasteiger partial charge in [-0.15, -0.1) is 0 Å². The van der Waals surface area contributed by atoms with Crippen molar-refractivity contribution in [3.8, 4) is 11.1 Å². The van der Waals surface area contributed by atoms with Gasteiger partial charge in [0, 0.05) is 24.2 Å². The van der Waals surface area contributed by atoms with E-state index in [0.717, 1.165) is 6.07 Å². The minimum absolute atomic E-state index is 0.0396. The Bertz CT molecular complexity index is 602. The summed E-state index contributed by atoms with van der Waals surface area (Å²) in [4.78, 5) is 0. The molecule has 0 heterocycles. The quantitative estimate of drug-likeness (QED) is 0.836. The zero-order valence-corrected chi connectivity index (χ0v) is 10.8. The van der Waals surface area contributed by atoms with E-state index in [-0.39, 0.29) is 5.56 Å². The van der Waals surface area contributed by atoms with E-state index in [4.69, 9.17) is 0 Å². The zero-order chi connectivity index (χ0) is 14.7. The smallest absolute Gasteiger partial charge is 0.136 e. The molecule has 0 unspecified atom stereocenters. The van der Waals surface area contributed by atoms with Gasteiger partial charge in [-0.05, 0) is 18.2 Å². The van der Waals surface area contributed by atoms with E-state index in [0.29, 0.717) is 30.8 Å². The molecule has 0 spiro atoms. The molecular formula is C15H13F4N. The van der Waals surface area contributed by atoms with Crippen molar-refractivity contribution in [2.24, 2.45) is 0 Å². The summed E-state index contributed by atoms with van der Waals surface area (Å²) in [5, 5.41) is 2.96. The predicted octanol–water partition coefficient (Wildman–Crippen LogP) is 4.02. The largest absolute Gasteiger partial charge is 0.313 e. The van der Waals surface area contributed by atoms with Crippen LogP contribution in [0.1, 0.15) is 12.5 Å². The third-order valence-corrected chi connectivity index (χ3v) is 2.91. The van der Waals surface area contributed by atoms with Crippen LogP contribution in [0, 0.1) is 23.3 Å². The highest BCUT2D eigenvalue weighted by molar-refractivity contribution is 5.65.